The molecule has 0 atom stereocenters. The quantitative estimate of drug-likeness (QED) is 0.410. The molecule has 0 spiro atoms. The van der Waals surface area contributed by atoms with Crippen molar-refractivity contribution in [2.75, 3.05) is 0 Å². The molecule has 3 heteroatoms. The van der Waals surface area contributed by atoms with Crippen LogP contribution in [0.15, 0.2) is 0 Å². The van der Waals surface area contributed by atoms with Gasteiger partial charge in [0.25, 0.3) is 0 Å². The van der Waals surface area contributed by atoms with Crippen LogP contribution in [0.2, 0.25) is 0 Å². The van der Waals surface area contributed by atoms with Gasteiger partial charge in [-0.25, -0.2) is 0 Å². The lowest BCUT2D eigenvalue weighted by Crippen LogP contribution is -2.14. The molecule has 0 aromatic heterocycles. The largest absolute Gasteiger partial charge is 0.759 e. The van der Waals surface area contributed by atoms with Gasteiger partial charge in [0.2, 0.25) is 5.91 Å². The van der Waals surface area contributed by atoms with Gasteiger partial charge in [-0.3, -0.25) is 4.79 Å². The summed E-state index contributed by atoms with van der Waals surface area (Å²) in [5.41, 5.74) is 1.41. The second kappa shape index (κ2) is 13.5. The van der Waals surface area contributed by atoms with Crippen LogP contribution >= 0.6 is 0 Å². The summed E-state index contributed by atoms with van der Waals surface area (Å²) in [5.74, 6) is -0.374. The van der Waals surface area contributed by atoms with Gasteiger partial charge in [-0.15, -0.1) is 0 Å². The fraction of sp³-hybridized carbons (Fsp3) is 0.929. The van der Waals surface area contributed by atoms with Gasteiger partial charge < -0.3 is 10.7 Å². The van der Waals surface area contributed by atoms with Crippen molar-refractivity contribution >= 4 is 5.91 Å². The monoisotopic (exact) mass is 242 g/mol. The Morgan fingerprint density at radius 2 is 1.24 bits per heavy atom. The summed E-state index contributed by atoms with van der Waals surface area (Å²) in [7, 11) is 0. The summed E-state index contributed by atoms with van der Waals surface area (Å²) < 4.78 is 0. The molecule has 3 nitrogen and oxygen atoms in total. The van der Waals surface area contributed by atoms with Gasteiger partial charge in [0, 0.05) is 6.42 Å². The number of amides is 1. The molecule has 0 aromatic carbocycles. The molecular weight excluding hydrogens is 214 g/mol. The average Bonchev–Trinajstić information content (AvgIpc) is 2.35. The summed E-state index contributed by atoms with van der Waals surface area (Å²) in [6.45, 7) is 2.24. The second-order valence-corrected chi connectivity index (χ2v) is 4.81. The molecule has 17 heavy (non-hydrogen) atoms. The molecule has 1 N–H and O–H groups in total. The highest BCUT2D eigenvalue weighted by Crippen LogP contribution is 2.11. The number of hydroxylamine groups is 1. The molecule has 102 valence electrons. The summed E-state index contributed by atoms with van der Waals surface area (Å²) >= 11 is 0. The zero-order valence-corrected chi connectivity index (χ0v) is 11.3. The van der Waals surface area contributed by atoms with Gasteiger partial charge >= 0.3 is 0 Å². The van der Waals surface area contributed by atoms with Crippen LogP contribution in [0.5, 0.6) is 0 Å². The van der Waals surface area contributed by atoms with Crippen LogP contribution in [0.4, 0.5) is 0 Å². The van der Waals surface area contributed by atoms with E-state index in [4.69, 9.17) is 0 Å². The number of hydrogen-bond donors (Lipinski definition) is 1. The van der Waals surface area contributed by atoms with E-state index in [2.05, 4.69) is 6.92 Å². The van der Waals surface area contributed by atoms with Crippen molar-refractivity contribution in [3.8, 4) is 0 Å². The minimum Gasteiger partial charge on any atom is -0.759 e. The Kier molecular flexibility index (Phi) is 13.0. The molecule has 0 saturated heterocycles. The molecule has 0 aliphatic carbocycles. The van der Waals surface area contributed by atoms with Gasteiger partial charge in [-0.2, -0.15) is 0 Å². The molecule has 1 amide bonds. The van der Waals surface area contributed by atoms with E-state index < -0.39 is 0 Å². The van der Waals surface area contributed by atoms with Crippen LogP contribution in [0.1, 0.15) is 84.0 Å². The van der Waals surface area contributed by atoms with Gasteiger partial charge in [-0.05, 0) is 6.42 Å². The van der Waals surface area contributed by atoms with Crippen LogP contribution in [-0.2, 0) is 4.79 Å². The zero-order chi connectivity index (χ0) is 12.8. The molecular formula is C14H28NO2-. The Morgan fingerprint density at radius 3 is 1.65 bits per heavy atom. The highest BCUT2D eigenvalue weighted by atomic mass is 16.5. The molecule has 0 saturated carbocycles. The van der Waals surface area contributed by atoms with Crippen molar-refractivity contribution in [3.63, 3.8) is 0 Å². The lowest BCUT2D eigenvalue weighted by Gasteiger charge is -2.06. The molecule has 0 radical (unpaired) electrons. The highest BCUT2D eigenvalue weighted by Gasteiger charge is 1.96. The van der Waals surface area contributed by atoms with E-state index in [1.165, 1.54) is 63.3 Å². The van der Waals surface area contributed by atoms with Crippen LogP contribution in [0, 0.1) is 5.21 Å². The standard InChI is InChI=1S/C14H28NO2/c1-2-3-4-5-6-7-8-9-10-11-12-13-14(16)15-17/h2-13H2,1H3,(H-,15,16,17)/q-1. The molecule has 0 aliphatic rings. The van der Waals surface area contributed by atoms with E-state index in [0.29, 0.717) is 6.42 Å². The summed E-state index contributed by atoms with van der Waals surface area (Å²) in [4.78, 5) is 10.6. The Hall–Kier alpha value is -0.570. The zero-order valence-electron chi connectivity index (χ0n) is 11.3. The smallest absolute Gasteiger partial charge is 0.209 e. The molecule has 0 heterocycles. The van der Waals surface area contributed by atoms with E-state index in [-0.39, 0.29) is 5.91 Å². The van der Waals surface area contributed by atoms with Crippen LogP contribution in [-0.4, -0.2) is 5.91 Å². The highest BCUT2D eigenvalue weighted by molar-refractivity contribution is 5.76. The summed E-state index contributed by atoms with van der Waals surface area (Å²) in [5, 5.41) is 9.94. The van der Waals surface area contributed by atoms with E-state index >= 15 is 0 Å². The van der Waals surface area contributed by atoms with Crippen LogP contribution in [0.25, 0.3) is 0 Å². The molecule has 0 aliphatic heterocycles. The maximum atomic E-state index is 10.6. The first-order valence-corrected chi connectivity index (χ1v) is 7.22. The van der Waals surface area contributed by atoms with Crippen LogP contribution < -0.4 is 5.48 Å². The maximum absolute atomic E-state index is 10.6. The predicted molar refractivity (Wildman–Crippen MR) is 72.6 cm³/mol. The number of carbonyl (C=O) groups excluding carboxylic acids is 1. The number of rotatable bonds is 12. The summed E-state index contributed by atoms with van der Waals surface area (Å²) in [6, 6.07) is 0. The van der Waals surface area contributed by atoms with E-state index in [0.717, 1.165) is 12.8 Å². The minimum atomic E-state index is -0.374. The predicted octanol–water partition coefficient (Wildman–Crippen LogP) is 4.30. The minimum absolute atomic E-state index is 0.374. The van der Waals surface area contributed by atoms with Gasteiger partial charge in [-0.1, -0.05) is 71.1 Å². The van der Waals surface area contributed by atoms with Crippen molar-refractivity contribution in [1.82, 2.24) is 5.48 Å². The third kappa shape index (κ3) is 13.4. The third-order valence-electron chi connectivity index (χ3n) is 3.12. The third-order valence-corrected chi connectivity index (χ3v) is 3.12. The van der Waals surface area contributed by atoms with E-state index in [9.17, 15) is 10.0 Å². The number of nitrogens with one attached hydrogen (secondary N) is 1. The number of hydrogen-bond acceptors (Lipinski definition) is 2. The number of carbonyl (C=O) groups is 1. The van der Waals surface area contributed by atoms with Crippen LogP contribution in [0.3, 0.4) is 0 Å². The molecule has 0 rings (SSSR count). The first kappa shape index (κ1) is 16.4. The fourth-order valence-electron chi connectivity index (χ4n) is 2.00. The van der Waals surface area contributed by atoms with Gasteiger partial charge in [0.1, 0.15) is 0 Å². The van der Waals surface area contributed by atoms with Crippen molar-refractivity contribution in [3.05, 3.63) is 5.21 Å². The van der Waals surface area contributed by atoms with Crippen molar-refractivity contribution < 1.29 is 4.79 Å². The topological polar surface area (TPSA) is 52.2 Å². The van der Waals surface area contributed by atoms with E-state index in [1.807, 2.05) is 0 Å². The van der Waals surface area contributed by atoms with Gasteiger partial charge in [0.15, 0.2) is 0 Å². The van der Waals surface area contributed by atoms with E-state index in [1.54, 1.807) is 0 Å². The van der Waals surface area contributed by atoms with Crippen molar-refractivity contribution in [2.45, 2.75) is 84.0 Å². The average molecular weight is 242 g/mol. The molecule has 0 aromatic rings. The Labute approximate surface area is 106 Å². The second-order valence-electron chi connectivity index (χ2n) is 4.81. The fourth-order valence-corrected chi connectivity index (χ4v) is 2.00. The molecule has 0 fully saturated rings. The normalized spacial score (nSPS) is 10.5. The first-order chi connectivity index (χ1) is 8.31. The lowest BCUT2D eigenvalue weighted by atomic mass is 10.1. The maximum Gasteiger partial charge on any atom is 0.209 e. The van der Waals surface area contributed by atoms with Crippen molar-refractivity contribution in [2.24, 2.45) is 0 Å². The van der Waals surface area contributed by atoms with Crippen molar-refractivity contribution in [1.29, 1.82) is 0 Å². The molecule has 0 bridgehead atoms. The lowest BCUT2D eigenvalue weighted by molar-refractivity contribution is -0.120. The Balaban J connectivity index is 2.96. The SMILES string of the molecule is CCCCCCCCCCCCCC(=O)N[O-]. The van der Waals surface area contributed by atoms with Gasteiger partial charge in [0.05, 0.1) is 0 Å². The first-order valence-electron chi connectivity index (χ1n) is 7.22. The summed E-state index contributed by atoms with van der Waals surface area (Å²) in [6.07, 6.45) is 14.3. The Morgan fingerprint density at radius 1 is 0.824 bits per heavy atom. The Bertz CT molecular complexity index is 172. The number of unbranched alkanes of at least 4 members (excludes halogenated alkanes) is 10. The molecule has 0 unspecified atom stereocenters.